The van der Waals surface area contributed by atoms with Gasteiger partial charge in [0.25, 0.3) is 0 Å². The Morgan fingerprint density at radius 3 is 2.55 bits per heavy atom. The van der Waals surface area contributed by atoms with E-state index in [1.165, 1.54) is 5.56 Å². The van der Waals surface area contributed by atoms with Crippen LogP contribution in [0.5, 0.6) is 0 Å². The molecule has 1 N–H and O–H groups in total. The first-order chi connectivity index (χ1) is 10.4. The minimum absolute atomic E-state index is 0.00309. The molecule has 1 saturated heterocycles. The number of benzene rings is 1. The van der Waals surface area contributed by atoms with Crippen LogP contribution >= 0.6 is 0 Å². The summed E-state index contributed by atoms with van der Waals surface area (Å²) in [5, 5.41) is 3.09. The Hall–Kier alpha value is -1.39. The van der Waals surface area contributed by atoms with Crippen molar-refractivity contribution < 1.29 is 4.79 Å². The highest BCUT2D eigenvalue weighted by molar-refractivity contribution is 5.79. The molecule has 1 amide bonds. The number of nitrogens with one attached hydrogen (secondary N) is 1. The summed E-state index contributed by atoms with van der Waals surface area (Å²) in [4.78, 5) is 17.0. The van der Waals surface area contributed by atoms with Crippen molar-refractivity contribution in [3.8, 4) is 0 Å². The van der Waals surface area contributed by atoms with E-state index < -0.39 is 0 Å². The molecule has 0 bridgehead atoms. The van der Waals surface area contributed by atoms with Gasteiger partial charge in [-0.25, -0.2) is 0 Å². The molecule has 122 valence electrons. The van der Waals surface area contributed by atoms with Gasteiger partial charge < -0.3 is 10.2 Å². The van der Waals surface area contributed by atoms with Crippen molar-refractivity contribution in [2.75, 3.05) is 33.2 Å². The molecule has 1 aliphatic heterocycles. The lowest BCUT2D eigenvalue weighted by Gasteiger charge is -2.47. The smallest absolute Gasteiger partial charge is 0.226 e. The third-order valence-corrected chi connectivity index (χ3v) is 4.53. The van der Waals surface area contributed by atoms with Crippen molar-refractivity contribution in [1.82, 2.24) is 15.1 Å². The predicted molar refractivity (Wildman–Crippen MR) is 90.6 cm³/mol. The molecular formula is C18H29N3O. The third-order valence-electron chi connectivity index (χ3n) is 4.53. The van der Waals surface area contributed by atoms with E-state index in [0.29, 0.717) is 0 Å². The van der Waals surface area contributed by atoms with E-state index in [1.807, 2.05) is 18.9 Å². The van der Waals surface area contributed by atoms with Crippen LogP contribution in [-0.4, -0.2) is 54.5 Å². The number of carbonyl (C=O) groups excluding carboxylic acids is 1. The summed E-state index contributed by atoms with van der Waals surface area (Å²) in [6.45, 7) is 10.7. The molecule has 4 nitrogen and oxygen atoms in total. The maximum absolute atomic E-state index is 12.5. The molecule has 1 aromatic rings. The summed E-state index contributed by atoms with van der Waals surface area (Å²) in [6.07, 6.45) is 0. The number of hydrogen-bond acceptors (Lipinski definition) is 3. The van der Waals surface area contributed by atoms with Crippen LogP contribution in [0.4, 0.5) is 0 Å². The molecule has 1 unspecified atom stereocenters. The van der Waals surface area contributed by atoms with Gasteiger partial charge in [-0.15, -0.1) is 0 Å². The molecule has 0 spiro atoms. The number of piperazine rings is 1. The fourth-order valence-corrected chi connectivity index (χ4v) is 3.18. The van der Waals surface area contributed by atoms with Gasteiger partial charge in [-0.05, 0) is 26.5 Å². The highest BCUT2D eigenvalue weighted by Gasteiger charge is 2.36. The maximum Gasteiger partial charge on any atom is 0.226 e. The highest BCUT2D eigenvalue weighted by atomic mass is 16.2. The Morgan fingerprint density at radius 1 is 1.27 bits per heavy atom. The summed E-state index contributed by atoms with van der Waals surface area (Å²) in [5.41, 5.74) is 1.34. The third kappa shape index (κ3) is 4.08. The number of amides is 1. The van der Waals surface area contributed by atoms with Crippen molar-refractivity contribution in [2.24, 2.45) is 5.92 Å². The summed E-state index contributed by atoms with van der Waals surface area (Å²) in [7, 11) is 1.89. The minimum atomic E-state index is 0.00309. The standard InChI is InChI=1S/C18H29N3O/c1-15(12-19-4)17(22)20-10-11-21(18(2,3)14-20)13-16-8-6-5-7-9-16/h5-9,15,19H,10-14H2,1-4H3. The summed E-state index contributed by atoms with van der Waals surface area (Å²) < 4.78 is 0. The second-order valence-electron chi connectivity index (χ2n) is 6.94. The van der Waals surface area contributed by atoms with Crippen LogP contribution < -0.4 is 5.32 Å². The molecule has 1 fully saturated rings. The van der Waals surface area contributed by atoms with Crippen LogP contribution in [0.25, 0.3) is 0 Å². The van der Waals surface area contributed by atoms with Gasteiger partial charge in [0.2, 0.25) is 5.91 Å². The normalized spacial score (nSPS) is 19.9. The number of hydrogen-bond donors (Lipinski definition) is 1. The van der Waals surface area contributed by atoms with Crippen molar-refractivity contribution in [1.29, 1.82) is 0 Å². The van der Waals surface area contributed by atoms with Crippen LogP contribution in [-0.2, 0) is 11.3 Å². The van der Waals surface area contributed by atoms with Gasteiger partial charge in [-0.1, -0.05) is 37.3 Å². The Kier molecular flexibility index (Phi) is 5.59. The van der Waals surface area contributed by atoms with Gasteiger partial charge in [0.15, 0.2) is 0 Å². The first kappa shape index (κ1) is 17.0. The molecule has 22 heavy (non-hydrogen) atoms. The van der Waals surface area contributed by atoms with E-state index in [-0.39, 0.29) is 17.4 Å². The number of nitrogens with zero attached hydrogens (tertiary/aromatic N) is 2. The van der Waals surface area contributed by atoms with Crippen LogP contribution in [0.15, 0.2) is 30.3 Å². The van der Waals surface area contributed by atoms with Gasteiger partial charge in [0, 0.05) is 44.2 Å². The second-order valence-corrected chi connectivity index (χ2v) is 6.94. The molecule has 0 saturated carbocycles. The zero-order chi connectivity index (χ0) is 16.2. The molecule has 4 heteroatoms. The van der Waals surface area contributed by atoms with Gasteiger partial charge in [-0.2, -0.15) is 0 Å². The predicted octanol–water partition coefficient (Wildman–Crippen LogP) is 1.96. The molecule has 1 atom stereocenters. The topological polar surface area (TPSA) is 35.6 Å². The van der Waals surface area contributed by atoms with E-state index >= 15 is 0 Å². The largest absolute Gasteiger partial charge is 0.339 e. The Morgan fingerprint density at radius 2 is 1.95 bits per heavy atom. The number of rotatable bonds is 5. The Balaban J connectivity index is 1.98. The van der Waals surface area contributed by atoms with Crippen molar-refractivity contribution >= 4 is 5.91 Å². The highest BCUT2D eigenvalue weighted by Crippen LogP contribution is 2.24. The Labute approximate surface area is 134 Å². The van der Waals surface area contributed by atoms with E-state index in [4.69, 9.17) is 0 Å². The molecule has 0 radical (unpaired) electrons. The minimum Gasteiger partial charge on any atom is -0.339 e. The molecular weight excluding hydrogens is 274 g/mol. The molecule has 0 aromatic heterocycles. The van der Waals surface area contributed by atoms with Crippen LogP contribution in [0, 0.1) is 5.92 Å². The average Bonchev–Trinajstić information content (AvgIpc) is 2.49. The number of carbonyl (C=O) groups is 1. The lowest BCUT2D eigenvalue weighted by atomic mass is 9.96. The zero-order valence-electron chi connectivity index (χ0n) is 14.3. The summed E-state index contributed by atoms with van der Waals surface area (Å²) in [5.74, 6) is 0.309. The summed E-state index contributed by atoms with van der Waals surface area (Å²) in [6, 6.07) is 10.6. The van der Waals surface area contributed by atoms with Gasteiger partial charge in [0.05, 0.1) is 0 Å². The van der Waals surface area contributed by atoms with Crippen LogP contribution in [0.3, 0.4) is 0 Å². The van der Waals surface area contributed by atoms with Crippen LogP contribution in [0.2, 0.25) is 0 Å². The lowest BCUT2D eigenvalue weighted by Crippen LogP contribution is -2.60. The fourth-order valence-electron chi connectivity index (χ4n) is 3.18. The van der Waals surface area contributed by atoms with E-state index in [9.17, 15) is 4.79 Å². The summed E-state index contributed by atoms with van der Waals surface area (Å²) >= 11 is 0. The first-order valence-corrected chi connectivity index (χ1v) is 8.16. The molecule has 1 aromatic carbocycles. The SMILES string of the molecule is CNCC(C)C(=O)N1CCN(Cc2ccccc2)C(C)(C)C1. The quantitative estimate of drug-likeness (QED) is 0.903. The van der Waals surface area contributed by atoms with E-state index in [2.05, 4.69) is 54.4 Å². The van der Waals surface area contributed by atoms with Crippen molar-refractivity contribution in [3.05, 3.63) is 35.9 Å². The monoisotopic (exact) mass is 303 g/mol. The fraction of sp³-hybridized carbons (Fsp3) is 0.611. The molecule has 2 rings (SSSR count). The second kappa shape index (κ2) is 7.25. The van der Waals surface area contributed by atoms with E-state index in [1.54, 1.807) is 0 Å². The zero-order valence-corrected chi connectivity index (χ0v) is 14.3. The van der Waals surface area contributed by atoms with Crippen molar-refractivity contribution in [3.63, 3.8) is 0 Å². The van der Waals surface area contributed by atoms with Crippen molar-refractivity contribution in [2.45, 2.75) is 32.9 Å². The molecule has 0 aliphatic carbocycles. The van der Waals surface area contributed by atoms with Gasteiger partial charge in [0.1, 0.15) is 0 Å². The average molecular weight is 303 g/mol. The Bertz CT molecular complexity index is 486. The molecule has 1 aliphatic rings. The van der Waals surface area contributed by atoms with Gasteiger partial charge >= 0.3 is 0 Å². The van der Waals surface area contributed by atoms with Gasteiger partial charge in [-0.3, -0.25) is 9.69 Å². The van der Waals surface area contributed by atoms with E-state index in [0.717, 1.165) is 32.7 Å². The maximum atomic E-state index is 12.5. The molecule has 1 heterocycles. The first-order valence-electron chi connectivity index (χ1n) is 8.16. The lowest BCUT2D eigenvalue weighted by molar-refractivity contribution is -0.140. The van der Waals surface area contributed by atoms with Crippen LogP contribution in [0.1, 0.15) is 26.3 Å².